The average Bonchev–Trinajstić information content (AvgIpc) is 3.74. The number of aryl methyl sites for hydroxylation is 1. The number of benzene rings is 3. The van der Waals surface area contributed by atoms with Gasteiger partial charge in [-0.15, -0.1) is 0 Å². The van der Waals surface area contributed by atoms with Gasteiger partial charge in [0, 0.05) is 49.1 Å². The molecule has 0 amide bonds. The Hall–Kier alpha value is -3.98. The number of ether oxygens (including phenoxy) is 2. The van der Waals surface area contributed by atoms with E-state index in [-0.39, 0.29) is 0 Å². The summed E-state index contributed by atoms with van der Waals surface area (Å²) in [5.41, 5.74) is 9.29. The summed E-state index contributed by atoms with van der Waals surface area (Å²) >= 11 is -1.16. The van der Waals surface area contributed by atoms with E-state index >= 15 is 0 Å². The molecule has 0 saturated carbocycles. The molecule has 3 aromatic carbocycles. The molecule has 3 heterocycles. The predicted molar refractivity (Wildman–Crippen MR) is 208 cm³/mol. The summed E-state index contributed by atoms with van der Waals surface area (Å²) in [5.74, 6) is 1.88. The van der Waals surface area contributed by atoms with Gasteiger partial charge in [0.2, 0.25) is 0 Å². The van der Waals surface area contributed by atoms with Gasteiger partial charge in [0.25, 0.3) is 0 Å². The predicted octanol–water partition coefficient (Wildman–Crippen LogP) is 9.74. The van der Waals surface area contributed by atoms with Crippen molar-refractivity contribution in [2.24, 2.45) is 5.92 Å². The molecule has 0 fully saturated rings. The Bertz CT molecular complexity index is 1860. The largest absolute Gasteiger partial charge is 0.611 e. The quantitative estimate of drug-likeness (QED) is 0.0823. The Balaban J connectivity index is 1.25. The van der Waals surface area contributed by atoms with E-state index in [0.29, 0.717) is 24.9 Å². The van der Waals surface area contributed by atoms with Crippen molar-refractivity contribution in [3.63, 3.8) is 0 Å². The number of H-pyrrole nitrogens is 1. The van der Waals surface area contributed by atoms with Gasteiger partial charge in [0.15, 0.2) is 10.6 Å². The number of aromatic amines is 1. The monoisotopic (exact) mass is 692 g/mol. The first-order chi connectivity index (χ1) is 24.4. The Morgan fingerprint density at radius 3 is 2.58 bits per heavy atom. The fraction of sp³-hybridized carbons (Fsp3) is 0.405. The van der Waals surface area contributed by atoms with Crippen LogP contribution in [0.2, 0.25) is 0 Å². The van der Waals surface area contributed by atoms with Crippen molar-refractivity contribution in [1.29, 1.82) is 0 Å². The second kappa shape index (κ2) is 17.3. The van der Waals surface area contributed by atoms with Crippen LogP contribution in [-0.4, -0.2) is 52.0 Å². The normalized spacial score (nSPS) is 14.0. The molecule has 0 aliphatic carbocycles. The minimum Gasteiger partial charge on any atom is -0.611 e. The van der Waals surface area contributed by atoms with Crippen molar-refractivity contribution >= 4 is 39.4 Å². The molecule has 0 spiro atoms. The van der Waals surface area contributed by atoms with E-state index in [9.17, 15) is 4.55 Å². The molecule has 1 atom stereocenters. The first-order valence-corrected chi connectivity index (χ1v) is 19.6. The molecule has 1 aliphatic rings. The maximum absolute atomic E-state index is 13.4. The summed E-state index contributed by atoms with van der Waals surface area (Å²) < 4.78 is 27.1. The van der Waals surface area contributed by atoms with Crippen molar-refractivity contribution in [2.75, 3.05) is 37.8 Å². The van der Waals surface area contributed by atoms with E-state index in [2.05, 4.69) is 114 Å². The third kappa shape index (κ3) is 9.02. The highest BCUT2D eigenvalue weighted by molar-refractivity contribution is 7.90. The van der Waals surface area contributed by atoms with Gasteiger partial charge in [-0.3, -0.25) is 0 Å². The first-order valence-electron chi connectivity index (χ1n) is 18.3. The highest BCUT2D eigenvalue weighted by Gasteiger charge is 2.20. The number of imidazole rings is 1. The Kier molecular flexibility index (Phi) is 12.4. The standard InChI is InChI=1S/C42H52N4O3S/c1-5-7-20-48-21-22-49-38-14-10-32(11-15-38)33-13-17-42-36(23-33)24-34(9-8-19-45(42)28-31(3)4)40-25-35-12-16-39(26-41(35)44-40)50(47)29-37-27-43-30-46(37)18-6-2/h10-17,23-27,30-31,44H,5-9,18-22,28-29H2,1-4H3. The van der Waals surface area contributed by atoms with Crippen molar-refractivity contribution in [1.82, 2.24) is 14.5 Å². The number of aromatic nitrogens is 3. The Morgan fingerprint density at radius 1 is 0.940 bits per heavy atom. The molecule has 1 unspecified atom stereocenters. The molecule has 0 bridgehead atoms. The van der Waals surface area contributed by atoms with Crippen LogP contribution in [0.4, 0.5) is 5.69 Å². The fourth-order valence-electron chi connectivity index (χ4n) is 6.68. The smallest absolute Gasteiger partial charge is 0.155 e. The number of hydrogen-bond donors (Lipinski definition) is 1. The van der Waals surface area contributed by atoms with Crippen molar-refractivity contribution in [3.8, 4) is 16.9 Å². The van der Waals surface area contributed by atoms with Gasteiger partial charge in [-0.25, -0.2) is 4.98 Å². The van der Waals surface area contributed by atoms with Crippen LogP contribution >= 0.6 is 0 Å². The van der Waals surface area contributed by atoms with Crippen LogP contribution in [0.15, 0.2) is 84.1 Å². The number of unbranched alkanes of at least 4 members (excludes halogenated alkanes) is 1. The highest BCUT2D eigenvalue weighted by atomic mass is 32.2. The molecular weight excluding hydrogens is 641 g/mol. The molecule has 50 heavy (non-hydrogen) atoms. The van der Waals surface area contributed by atoms with Crippen molar-refractivity contribution < 1.29 is 14.0 Å². The van der Waals surface area contributed by atoms with E-state index in [1.807, 2.05) is 18.6 Å². The van der Waals surface area contributed by atoms with E-state index in [1.54, 1.807) is 0 Å². The molecule has 0 saturated heterocycles. The van der Waals surface area contributed by atoms with Crippen LogP contribution in [0.5, 0.6) is 5.75 Å². The fourth-order valence-corrected chi connectivity index (χ4v) is 7.83. The third-order valence-electron chi connectivity index (χ3n) is 9.23. The third-order valence-corrected chi connectivity index (χ3v) is 10.6. The molecule has 2 aromatic heterocycles. The summed E-state index contributed by atoms with van der Waals surface area (Å²) in [5, 5.41) is 1.13. The van der Waals surface area contributed by atoms with Crippen LogP contribution in [0.3, 0.4) is 0 Å². The Morgan fingerprint density at radius 2 is 1.78 bits per heavy atom. The number of nitrogens with one attached hydrogen (secondary N) is 1. The minimum atomic E-state index is -1.16. The number of anilines is 1. The lowest BCUT2D eigenvalue weighted by molar-refractivity contribution is 0.0981. The zero-order valence-electron chi connectivity index (χ0n) is 30.1. The minimum absolute atomic E-state index is 0.458. The average molecular weight is 693 g/mol. The maximum atomic E-state index is 13.4. The molecule has 7 nitrogen and oxygen atoms in total. The maximum Gasteiger partial charge on any atom is 0.155 e. The van der Waals surface area contributed by atoms with Gasteiger partial charge in [-0.2, -0.15) is 0 Å². The molecule has 6 rings (SSSR count). The molecular formula is C42H52N4O3S. The van der Waals surface area contributed by atoms with Crippen LogP contribution in [0.25, 0.3) is 33.7 Å². The molecule has 8 heteroatoms. The topological polar surface area (TPSA) is 78.4 Å². The summed E-state index contributed by atoms with van der Waals surface area (Å²) in [4.78, 5) is 11.4. The van der Waals surface area contributed by atoms with Crippen LogP contribution in [0.1, 0.15) is 76.8 Å². The highest BCUT2D eigenvalue weighted by Crippen LogP contribution is 2.36. The van der Waals surface area contributed by atoms with Gasteiger partial charge in [0.05, 0.1) is 30.3 Å². The molecule has 264 valence electrons. The molecule has 1 N–H and O–H groups in total. The zero-order valence-corrected chi connectivity index (χ0v) is 30.9. The van der Waals surface area contributed by atoms with Crippen LogP contribution < -0.4 is 9.64 Å². The van der Waals surface area contributed by atoms with Gasteiger partial charge < -0.3 is 28.5 Å². The molecule has 1 aliphatic heterocycles. The first kappa shape index (κ1) is 35.8. The second-order valence-electron chi connectivity index (χ2n) is 13.7. The molecule has 5 aromatic rings. The van der Waals surface area contributed by atoms with E-state index in [1.165, 1.54) is 22.4 Å². The number of rotatable bonds is 16. The van der Waals surface area contributed by atoms with Crippen LogP contribution in [-0.2, 0) is 28.2 Å². The van der Waals surface area contributed by atoms with Crippen molar-refractivity contribution in [3.05, 3.63) is 96.2 Å². The summed E-state index contributed by atoms with van der Waals surface area (Å²) in [6, 6.07) is 23.7. The van der Waals surface area contributed by atoms with Gasteiger partial charge in [-0.1, -0.05) is 52.3 Å². The summed E-state index contributed by atoms with van der Waals surface area (Å²) in [6.45, 7) is 13.8. The lowest BCUT2D eigenvalue weighted by Crippen LogP contribution is -2.30. The second-order valence-corrected chi connectivity index (χ2v) is 15.2. The van der Waals surface area contributed by atoms with E-state index in [4.69, 9.17) is 9.47 Å². The number of nitrogens with zero attached hydrogens (tertiary/aromatic N) is 3. The lowest BCUT2D eigenvalue weighted by Gasteiger charge is -2.30. The lowest BCUT2D eigenvalue weighted by atomic mass is 9.95. The van der Waals surface area contributed by atoms with Gasteiger partial charge in [0.1, 0.15) is 12.4 Å². The van der Waals surface area contributed by atoms with E-state index in [0.717, 1.165) is 96.8 Å². The Labute approximate surface area is 300 Å². The van der Waals surface area contributed by atoms with Gasteiger partial charge in [-0.05, 0) is 114 Å². The number of hydrogen-bond acceptors (Lipinski definition) is 5. The van der Waals surface area contributed by atoms with Crippen molar-refractivity contribution in [2.45, 2.75) is 77.0 Å². The number of allylic oxidation sites excluding steroid dienone is 1. The zero-order chi connectivity index (χ0) is 34.9. The summed E-state index contributed by atoms with van der Waals surface area (Å²) in [7, 11) is 0. The summed E-state index contributed by atoms with van der Waals surface area (Å²) in [6.07, 6.45) is 11.3. The van der Waals surface area contributed by atoms with Gasteiger partial charge >= 0.3 is 0 Å². The van der Waals surface area contributed by atoms with E-state index < -0.39 is 11.2 Å². The number of fused-ring (bicyclic) bond motifs is 2. The van der Waals surface area contributed by atoms with Crippen LogP contribution in [0, 0.1) is 5.92 Å². The molecule has 0 radical (unpaired) electrons. The SMILES string of the molecule is CCCCOCCOc1ccc(-c2ccc3c(c2)C=C(c2cc4ccc([S+]([O-])Cc5cncn5CCC)cc4[nH]2)CCCN3CC(C)C)cc1.